The van der Waals surface area contributed by atoms with Crippen LogP contribution >= 0.6 is 11.6 Å². The Hall–Kier alpha value is -1.85. The molecule has 2 aliphatic rings. The summed E-state index contributed by atoms with van der Waals surface area (Å²) < 4.78 is 5.89. The fourth-order valence-corrected chi connectivity index (χ4v) is 4.53. The van der Waals surface area contributed by atoms with Crippen molar-refractivity contribution in [3.63, 3.8) is 0 Å². The molecule has 2 aromatic rings. The number of carboxylic acid groups (broad SMARTS) is 1. The van der Waals surface area contributed by atoms with Crippen LogP contribution in [0.15, 0.2) is 34.9 Å². The number of hydrogen-bond donors (Lipinski definition) is 1. The molecule has 2 heterocycles. The van der Waals surface area contributed by atoms with E-state index in [-0.39, 0.29) is 0 Å². The summed E-state index contributed by atoms with van der Waals surface area (Å²) in [5, 5.41) is 10.3. The Labute approximate surface area is 151 Å². The lowest BCUT2D eigenvalue weighted by molar-refractivity contribution is -0.143. The normalized spacial score (nSPS) is 26.5. The lowest BCUT2D eigenvalue weighted by atomic mass is 9.85. The number of aliphatic carboxylic acids is 1. The molecule has 0 unspecified atom stereocenters. The third-order valence-electron chi connectivity index (χ3n) is 5.49. The molecule has 0 bridgehead atoms. The number of rotatable bonds is 4. The molecule has 6 heteroatoms. The number of aromatic nitrogens is 1. The van der Waals surface area contributed by atoms with E-state index in [1.807, 2.05) is 24.3 Å². The number of carbonyl (C=O) groups is 1. The highest BCUT2D eigenvalue weighted by Gasteiger charge is 2.45. The Kier molecular flexibility index (Phi) is 4.52. The first-order chi connectivity index (χ1) is 12.1. The average molecular weight is 361 g/mol. The van der Waals surface area contributed by atoms with E-state index in [9.17, 15) is 9.90 Å². The van der Waals surface area contributed by atoms with Crippen LogP contribution in [-0.2, 0) is 11.3 Å². The van der Waals surface area contributed by atoms with E-state index in [1.54, 1.807) is 6.20 Å². The third kappa shape index (κ3) is 3.31. The number of likely N-dealkylation sites (tertiary alicyclic amines) is 1. The molecule has 1 saturated heterocycles. The number of benzene rings is 1. The van der Waals surface area contributed by atoms with Crippen LogP contribution in [0, 0.1) is 5.92 Å². The van der Waals surface area contributed by atoms with Gasteiger partial charge in [0.05, 0.1) is 12.7 Å². The molecule has 1 aromatic carbocycles. The molecule has 4 rings (SSSR count). The van der Waals surface area contributed by atoms with E-state index in [0.29, 0.717) is 35.2 Å². The van der Waals surface area contributed by atoms with Crippen molar-refractivity contribution >= 4 is 17.6 Å². The molecule has 5 nitrogen and oxygen atoms in total. The van der Waals surface area contributed by atoms with Crippen LogP contribution < -0.4 is 0 Å². The van der Waals surface area contributed by atoms with Crippen molar-refractivity contribution in [3.8, 4) is 11.3 Å². The largest absolute Gasteiger partial charge is 0.480 e. The van der Waals surface area contributed by atoms with Crippen LogP contribution in [0.25, 0.3) is 11.3 Å². The first-order valence-corrected chi connectivity index (χ1v) is 9.19. The van der Waals surface area contributed by atoms with Gasteiger partial charge in [-0.1, -0.05) is 36.6 Å². The van der Waals surface area contributed by atoms with Gasteiger partial charge in [0.15, 0.2) is 5.76 Å². The van der Waals surface area contributed by atoms with Crippen LogP contribution in [0.4, 0.5) is 0 Å². The molecular formula is C19H21ClN2O3. The van der Waals surface area contributed by atoms with E-state index >= 15 is 0 Å². The summed E-state index contributed by atoms with van der Waals surface area (Å²) in [6.07, 6.45) is 7.00. The second-order valence-corrected chi connectivity index (χ2v) is 7.44. The van der Waals surface area contributed by atoms with Gasteiger partial charge < -0.3 is 9.52 Å². The minimum atomic E-state index is -0.740. The molecule has 1 N–H and O–H groups in total. The Morgan fingerprint density at radius 2 is 2.20 bits per heavy atom. The second kappa shape index (κ2) is 6.81. The number of carboxylic acids is 1. The standard InChI is InChI=1S/C19H21ClN2O3/c20-14-6-3-5-13(8-14)17-10-21-18(25-17)11-22-15-7-2-1-4-12(15)9-16(22)19(23)24/h3,5-6,8,10,12,15-16H,1-2,4,7,9,11H2,(H,23,24)/t12-,15+,16+/m1/s1. The quantitative estimate of drug-likeness (QED) is 0.884. The van der Waals surface area contributed by atoms with Crippen molar-refractivity contribution in [2.75, 3.05) is 0 Å². The molecule has 1 aliphatic heterocycles. The smallest absolute Gasteiger partial charge is 0.320 e. The van der Waals surface area contributed by atoms with Gasteiger partial charge in [0.1, 0.15) is 6.04 Å². The van der Waals surface area contributed by atoms with Gasteiger partial charge >= 0.3 is 5.97 Å². The van der Waals surface area contributed by atoms with E-state index < -0.39 is 12.0 Å². The molecule has 3 atom stereocenters. The first kappa shape index (κ1) is 16.6. The molecular weight excluding hydrogens is 340 g/mol. The molecule has 1 saturated carbocycles. The van der Waals surface area contributed by atoms with Crippen LogP contribution in [0.2, 0.25) is 5.02 Å². The monoisotopic (exact) mass is 360 g/mol. The summed E-state index contributed by atoms with van der Waals surface area (Å²) in [7, 11) is 0. The predicted octanol–water partition coefficient (Wildman–Crippen LogP) is 4.21. The Bertz CT molecular complexity index is 776. The van der Waals surface area contributed by atoms with Gasteiger partial charge in [0.2, 0.25) is 5.89 Å². The minimum absolute atomic E-state index is 0.330. The van der Waals surface area contributed by atoms with Gasteiger partial charge in [-0.15, -0.1) is 0 Å². The summed E-state index contributed by atoms with van der Waals surface area (Å²) >= 11 is 6.03. The third-order valence-corrected chi connectivity index (χ3v) is 5.72. The SMILES string of the molecule is O=C(O)[C@@H]1C[C@H]2CCCC[C@@H]2N1Cc1ncc(-c2cccc(Cl)c2)o1. The van der Waals surface area contributed by atoms with Crippen LogP contribution in [-0.4, -0.2) is 33.0 Å². The van der Waals surface area contributed by atoms with Crippen LogP contribution in [0.3, 0.4) is 0 Å². The van der Waals surface area contributed by atoms with Crippen LogP contribution in [0.1, 0.15) is 38.0 Å². The Morgan fingerprint density at radius 1 is 1.36 bits per heavy atom. The summed E-state index contributed by atoms with van der Waals surface area (Å²) in [5.41, 5.74) is 0.873. The number of nitrogens with zero attached hydrogens (tertiary/aromatic N) is 2. The first-order valence-electron chi connectivity index (χ1n) is 8.81. The maximum Gasteiger partial charge on any atom is 0.320 e. The van der Waals surface area contributed by atoms with Gasteiger partial charge in [-0.3, -0.25) is 9.69 Å². The van der Waals surface area contributed by atoms with Crippen molar-refractivity contribution in [2.45, 2.75) is 50.7 Å². The topological polar surface area (TPSA) is 66.6 Å². The van der Waals surface area contributed by atoms with Crippen molar-refractivity contribution < 1.29 is 14.3 Å². The zero-order valence-corrected chi connectivity index (χ0v) is 14.7. The molecule has 0 radical (unpaired) electrons. The van der Waals surface area contributed by atoms with Crippen molar-refractivity contribution in [2.24, 2.45) is 5.92 Å². The molecule has 132 valence electrons. The van der Waals surface area contributed by atoms with E-state index in [2.05, 4.69) is 9.88 Å². The van der Waals surface area contributed by atoms with Gasteiger partial charge in [-0.25, -0.2) is 4.98 Å². The van der Waals surface area contributed by atoms with E-state index in [4.69, 9.17) is 16.0 Å². The van der Waals surface area contributed by atoms with Gasteiger partial charge in [-0.2, -0.15) is 0 Å². The number of oxazole rings is 1. The summed E-state index contributed by atoms with van der Waals surface area (Å²) in [6.45, 7) is 0.443. The lowest BCUT2D eigenvalue weighted by Gasteiger charge is -2.32. The van der Waals surface area contributed by atoms with Crippen molar-refractivity contribution in [1.82, 2.24) is 9.88 Å². The lowest BCUT2D eigenvalue weighted by Crippen LogP contribution is -2.41. The fourth-order valence-electron chi connectivity index (χ4n) is 4.34. The highest BCUT2D eigenvalue weighted by molar-refractivity contribution is 6.30. The second-order valence-electron chi connectivity index (χ2n) is 7.00. The highest BCUT2D eigenvalue weighted by atomic mass is 35.5. The zero-order chi connectivity index (χ0) is 17.4. The predicted molar refractivity (Wildman–Crippen MR) is 94.3 cm³/mol. The molecule has 1 aliphatic carbocycles. The van der Waals surface area contributed by atoms with E-state index in [1.165, 1.54) is 12.8 Å². The van der Waals surface area contributed by atoms with E-state index in [0.717, 1.165) is 24.8 Å². The Morgan fingerprint density at radius 3 is 3.00 bits per heavy atom. The van der Waals surface area contributed by atoms with Gasteiger partial charge in [-0.05, 0) is 37.3 Å². The molecule has 2 fully saturated rings. The molecule has 0 amide bonds. The average Bonchev–Trinajstić information content (AvgIpc) is 3.21. The maximum absolute atomic E-state index is 11.7. The molecule has 1 aromatic heterocycles. The number of hydrogen-bond acceptors (Lipinski definition) is 4. The number of fused-ring (bicyclic) bond motifs is 1. The summed E-state index contributed by atoms with van der Waals surface area (Å²) in [6, 6.07) is 7.33. The number of halogens is 1. The van der Waals surface area contributed by atoms with Crippen molar-refractivity contribution in [3.05, 3.63) is 41.4 Å². The maximum atomic E-state index is 11.7. The molecule has 25 heavy (non-hydrogen) atoms. The Balaban J connectivity index is 1.55. The van der Waals surface area contributed by atoms with Gasteiger partial charge in [0, 0.05) is 16.6 Å². The minimum Gasteiger partial charge on any atom is -0.480 e. The van der Waals surface area contributed by atoms with Crippen LogP contribution in [0.5, 0.6) is 0 Å². The fraction of sp³-hybridized carbons (Fsp3) is 0.474. The summed E-state index contributed by atoms with van der Waals surface area (Å²) in [5.74, 6) is 0.962. The van der Waals surface area contributed by atoms with Gasteiger partial charge in [0.25, 0.3) is 0 Å². The highest BCUT2D eigenvalue weighted by Crippen LogP contribution is 2.40. The zero-order valence-electron chi connectivity index (χ0n) is 13.9. The summed E-state index contributed by atoms with van der Waals surface area (Å²) in [4.78, 5) is 18.2. The van der Waals surface area contributed by atoms with Crippen molar-refractivity contribution in [1.29, 1.82) is 0 Å². The molecule has 0 spiro atoms.